The van der Waals surface area contributed by atoms with Gasteiger partial charge >= 0.3 is 0 Å². The molecule has 2 fully saturated rings. The number of benzene rings is 1. The molecular weight excluding hydrogens is 387 g/mol. The van der Waals surface area contributed by atoms with Gasteiger partial charge in [-0.25, -0.2) is 9.37 Å². The molecule has 0 unspecified atom stereocenters. The van der Waals surface area contributed by atoms with Gasteiger partial charge in [0, 0.05) is 25.5 Å². The number of rotatable bonds is 5. The Bertz CT molecular complexity index is 1060. The van der Waals surface area contributed by atoms with Crippen molar-refractivity contribution in [1.29, 1.82) is 0 Å². The van der Waals surface area contributed by atoms with E-state index in [0.717, 1.165) is 19.3 Å². The van der Waals surface area contributed by atoms with Crippen LogP contribution in [0.15, 0.2) is 47.4 Å². The van der Waals surface area contributed by atoms with E-state index in [1.807, 2.05) is 0 Å². The first-order valence-corrected chi connectivity index (χ1v) is 9.96. The maximum Gasteiger partial charge on any atom is 0.239 e. The first-order chi connectivity index (χ1) is 14.6. The molecule has 2 aliphatic rings. The topological polar surface area (TPSA) is 111 Å². The largest absolute Gasteiger partial charge is 0.368 e. The monoisotopic (exact) mass is 408 g/mol. The second-order valence-corrected chi connectivity index (χ2v) is 8.04. The second kappa shape index (κ2) is 7.24. The van der Waals surface area contributed by atoms with E-state index in [-0.39, 0.29) is 17.2 Å². The van der Waals surface area contributed by atoms with Gasteiger partial charge in [-0.15, -0.1) is 0 Å². The van der Waals surface area contributed by atoms with Crippen molar-refractivity contribution >= 4 is 5.91 Å². The zero-order chi connectivity index (χ0) is 20.7. The molecule has 1 aliphatic heterocycles. The minimum absolute atomic E-state index is 0.273. The zero-order valence-electron chi connectivity index (χ0n) is 16.2. The SMILES string of the molecule is NC(=O)[C@@H](c1ccc(F)cc1)N1C[C@H]2CCC[C@@]2(c2nc(-c3cnccn3)no2)C1. The fourth-order valence-corrected chi connectivity index (χ4v) is 5.02. The third-order valence-corrected chi connectivity index (χ3v) is 6.36. The minimum atomic E-state index is -0.629. The number of nitrogens with two attached hydrogens (primary N) is 1. The highest BCUT2D eigenvalue weighted by atomic mass is 19.1. The Kier molecular flexibility index (Phi) is 4.54. The summed E-state index contributed by atoms with van der Waals surface area (Å²) in [7, 11) is 0. The number of amides is 1. The van der Waals surface area contributed by atoms with E-state index in [4.69, 9.17) is 10.3 Å². The van der Waals surface area contributed by atoms with Gasteiger partial charge in [0.1, 0.15) is 17.6 Å². The number of primary amides is 1. The van der Waals surface area contributed by atoms with Crippen molar-refractivity contribution in [1.82, 2.24) is 25.0 Å². The molecule has 8 nitrogen and oxygen atoms in total. The lowest BCUT2D eigenvalue weighted by Gasteiger charge is -2.28. The molecule has 0 bridgehead atoms. The van der Waals surface area contributed by atoms with Crippen LogP contribution in [0.3, 0.4) is 0 Å². The predicted molar refractivity (Wildman–Crippen MR) is 104 cm³/mol. The van der Waals surface area contributed by atoms with Gasteiger partial charge in [-0.2, -0.15) is 4.98 Å². The van der Waals surface area contributed by atoms with Crippen LogP contribution in [0.2, 0.25) is 0 Å². The van der Waals surface area contributed by atoms with Crippen LogP contribution in [0.4, 0.5) is 4.39 Å². The molecule has 1 aliphatic carbocycles. The van der Waals surface area contributed by atoms with Crippen LogP contribution in [0.25, 0.3) is 11.5 Å². The number of halogens is 1. The maximum absolute atomic E-state index is 13.4. The third-order valence-electron chi connectivity index (χ3n) is 6.36. The lowest BCUT2D eigenvalue weighted by atomic mass is 9.80. The molecule has 154 valence electrons. The molecule has 2 aromatic heterocycles. The number of carbonyl (C=O) groups excluding carboxylic acids is 1. The summed E-state index contributed by atoms with van der Waals surface area (Å²) >= 11 is 0. The van der Waals surface area contributed by atoms with E-state index in [9.17, 15) is 9.18 Å². The van der Waals surface area contributed by atoms with Crippen LogP contribution in [-0.2, 0) is 10.2 Å². The number of hydrogen-bond donors (Lipinski definition) is 1. The van der Waals surface area contributed by atoms with Crippen LogP contribution in [-0.4, -0.2) is 44.0 Å². The Morgan fingerprint density at radius 3 is 2.87 bits per heavy atom. The van der Waals surface area contributed by atoms with Crippen molar-refractivity contribution < 1.29 is 13.7 Å². The summed E-state index contributed by atoms with van der Waals surface area (Å²) in [6.07, 6.45) is 7.72. The van der Waals surface area contributed by atoms with Crippen molar-refractivity contribution in [2.45, 2.75) is 30.7 Å². The third kappa shape index (κ3) is 3.06. The summed E-state index contributed by atoms with van der Waals surface area (Å²) in [5.41, 5.74) is 6.66. The quantitative estimate of drug-likeness (QED) is 0.689. The van der Waals surface area contributed by atoms with Gasteiger partial charge in [-0.1, -0.05) is 23.7 Å². The average molecular weight is 408 g/mol. The van der Waals surface area contributed by atoms with Gasteiger partial charge in [0.2, 0.25) is 17.6 Å². The van der Waals surface area contributed by atoms with E-state index in [2.05, 4.69) is 25.0 Å². The van der Waals surface area contributed by atoms with Crippen molar-refractivity contribution in [2.75, 3.05) is 13.1 Å². The van der Waals surface area contributed by atoms with E-state index in [0.29, 0.717) is 36.1 Å². The number of hydrogen-bond acceptors (Lipinski definition) is 7. The van der Waals surface area contributed by atoms with Gasteiger partial charge in [0.05, 0.1) is 11.6 Å². The van der Waals surface area contributed by atoms with E-state index in [1.54, 1.807) is 30.7 Å². The lowest BCUT2D eigenvalue weighted by molar-refractivity contribution is -0.123. The molecular formula is C21H21FN6O2. The highest BCUT2D eigenvalue weighted by Gasteiger charge is 2.55. The maximum atomic E-state index is 13.4. The summed E-state index contributed by atoms with van der Waals surface area (Å²) in [5, 5.41) is 4.12. The van der Waals surface area contributed by atoms with Crippen LogP contribution in [0.5, 0.6) is 0 Å². The second-order valence-electron chi connectivity index (χ2n) is 8.04. The Morgan fingerprint density at radius 2 is 2.13 bits per heavy atom. The molecule has 1 amide bonds. The zero-order valence-corrected chi connectivity index (χ0v) is 16.2. The fourth-order valence-electron chi connectivity index (χ4n) is 5.02. The standard InChI is InChI=1S/C21H21FN6O2/c22-15-5-3-13(4-6-15)17(18(23)29)28-11-14-2-1-7-21(14,12-28)20-26-19(27-30-20)16-10-24-8-9-25-16/h3-6,8-10,14,17H,1-2,7,11-12H2,(H2,23,29)/t14-,17-,21-/m1/s1. The molecule has 0 radical (unpaired) electrons. The smallest absolute Gasteiger partial charge is 0.239 e. The van der Waals surface area contributed by atoms with Gasteiger partial charge in [-0.05, 0) is 36.5 Å². The molecule has 3 atom stereocenters. The molecule has 1 saturated heterocycles. The number of nitrogens with zero attached hydrogens (tertiary/aromatic N) is 5. The van der Waals surface area contributed by atoms with Crippen LogP contribution < -0.4 is 5.73 Å². The van der Waals surface area contributed by atoms with Crippen LogP contribution in [0, 0.1) is 11.7 Å². The minimum Gasteiger partial charge on any atom is -0.368 e. The average Bonchev–Trinajstić information content (AvgIpc) is 3.44. The molecule has 2 N–H and O–H groups in total. The predicted octanol–water partition coefficient (Wildman–Crippen LogP) is 2.25. The summed E-state index contributed by atoms with van der Waals surface area (Å²) < 4.78 is 19.1. The van der Waals surface area contributed by atoms with E-state index in [1.165, 1.54) is 12.1 Å². The van der Waals surface area contributed by atoms with E-state index >= 15 is 0 Å². The van der Waals surface area contributed by atoms with Crippen molar-refractivity contribution in [3.63, 3.8) is 0 Å². The molecule has 5 rings (SSSR count). The number of fused-ring (bicyclic) bond motifs is 1. The van der Waals surface area contributed by atoms with Gasteiger partial charge in [0.25, 0.3) is 0 Å². The molecule has 9 heteroatoms. The van der Waals surface area contributed by atoms with E-state index < -0.39 is 11.9 Å². The van der Waals surface area contributed by atoms with Crippen LogP contribution in [0.1, 0.15) is 36.8 Å². The highest BCUT2D eigenvalue weighted by Crippen LogP contribution is 2.51. The first kappa shape index (κ1) is 18.8. The number of carbonyl (C=O) groups is 1. The summed E-state index contributed by atoms with van der Waals surface area (Å²) in [4.78, 5) is 27.3. The molecule has 1 aromatic carbocycles. The molecule has 3 aromatic rings. The number of aromatic nitrogens is 4. The fraction of sp³-hybridized carbons (Fsp3) is 0.381. The summed E-state index contributed by atoms with van der Waals surface area (Å²) in [5.74, 6) is 0.439. The van der Waals surface area contributed by atoms with Gasteiger partial charge in [-0.3, -0.25) is 14.7 Å². The van der Waals surface area contributed by atoms with Gasteiger partial charge < -0.3 is 10.3 Å². The molecule has 30 heavy (non-hydrogen) atoms. The van der Waals surface area contributed by atoms with Crippen LogP contribution >= 0.6 is 0 Å². The van der Waals surface area contributed by atoms with Crippen molar-refractivity contribution in [3.05, 3.63) is 60.1 Å². The van der Waals surface area contributed by atoms with Crippen molar-refractivity contribution in [3.8, 4) is 11.5 Å². The highest BCUT2D eigenvalue weighted by molar-refractivity contribution is 5.81. The van der Waals surface area contributed by atoms with Crippen molar-refractivity contribution in [2.24, 2.45) is 11.7 Å². The Morgan fingerprint density at radius 1 is 1.30 bits per heavy atom. The molecule has 0 spiro atoms. The normalized spacial score (nSPS) is 24.6. The Hall–Kier alpha value is -3.20. The van der Waals surface area contributed by atoms with Gasteiger partial charge in [0.15, 0.2) is 0 Å². The summed E-state index contributed by atoms with van der Waals surface area (Å²) in [6.45, 7) is 1.26. The molecule has 3 heterocycles. The molecule has 1 saturated carbocycles. The lowest BCUT2D eigenvalue weighted by Crippen LogP contribution is -2.39. The summed E-state index contributed by atoms with van der Waals surface area (Å²) in [6, 6.07) is 5.30. The number of likely N-dealkylation sites (tertiary alicyclic amines) is 1. The first-order valence-electron chi connectivity index (χ1n) is 9.96. The Labute approximate surface area is 172 Å². The Balaban J connectivity index is 1.47.